The number of nitrogens with one attached hydrogen (secondary N) is 1. The highest BCUT2D eigenvalue weighted by Crippen LogP contribution is 2.59. The number of likely N-dealkylation sites (tertiary alicyclic amines) is 1. The van der Waals surface area contributed by atoms with Gasteiger partial charge in [-0.15, -0.1) is 0 Å². The Morgan fingerprint density at radius 2 is 1.81 bits per heavy atom. The molecule has 2 fully saturated rings. The zero-order valence-corrected chi connectivity index (χ0v) is 16.6. The van der Waals surface area contributed by atoms with E-state index in [2.05, 4.69) is 29.3 Å². The lowest BCUT2D eigenvalue weighted by Gasteiger charge is -2.64. The molecule has 3 rings (SSSR count). The summed E-state index contributed by atoms with van der Waals surface area (Å²) in [6.45, 7) is 9.31. The summed E-state index contributed by atoms with van der Waals surface area (Å²) in [5.41, 5.74) is 0.800. The Hall–Kier alpha value is -2.48. The maximum absolute atomic E-state index is 12.2. The third-order valence-electron chi connectivity index (χ3n) is 5.34. The van der Waals surface area contributed by atoms with Crippen molar-refractivity contribution in [1.82, 2.24) is 10.2 Å². The van der Waals surface area contributed by atoms with Crippen molar-refractivity contribution < 1.29 is 14.3 Å². The van der Waals surface area contributed by atoms with Crippen LogP contribution in [0, 0.1) is 17.3 Å². The lowest BCUT2D eigenvalue weighted by atomic mass is 9.47. The van der Waals surface area contributed by atoms with Crippen LogP contribution in [-0.4, -0.2) is 42.1 Å². The monoisotopic (exact) mass is 368 g/mol. The molecule has 0 bridgehead atoms. The molecule has 0 unspecified atom stereocenters. The highest BCUT2D eigenvalue weighted by molar-refractivity contribution is 5.93. The molecule has 1 aliphatic heterocycles. The third kappa shape index (κ3) is 4.10. The summed E-state index contributed by atoms with van der Waals surface area (Å²) >= 11 is 0. The Labute approximate surface area is 161 Å². The fraction of sp³-hybridized carbons (Fsp3) is 0.545. The molecule has 1 saturated carbocycles. The summed E-state index contributed by atoms with van der Waals surface area (Å²) in [5.74, 6) is 4.94. The molecule has 1 aromatic carbocycles. The van der Waals surface area contributed by atoms with E-state index in [0.29, 0.717) is 6.54 Å². The van der Waals surface area contributed by atoms with Crippen LogP contribution in [0.25, 0.3) is 0 Å². The smallest absolute Gasteiger partial charge is 0.410 e. The number of carbonyl (C=O) groups excluding carboxylic acids is 2. The summed E-state index contributed by atoms with van der Waals surface area (Å²) in [5, 5.41) is 2.96. The van der Waals surface area contributed by atoms with Gasteiger partial charge in [0.2, 0.25) is 0 Å². The number of benzene rings is 1. The number of rotatable bonds is 3. The van der Waals surface area contributed by atoms with Crippen LogP contribution in [0.2, 0.25) is 0 Å². The maximum Gasteiger partial charge on any atom is 0.410 e. The second-order valence-corrected chi connectivity index (χ2v) is 8.89. The fourth-order valence-corrected chi connectivity index (χ4v) is 4.46. The van der Waals surface area contributed by atoms with Gasteiger partial charge in [-0.3, -0.25) is 4.79 Å². The minimum absolute atomic E-state index is 0.0909. The average molecular weight is 368 g/mol. The van der Waals surface area contributed by atoms with E-state index in [9.17, 15) is 9.59 Å². The van der Waals surface area contributed by atoms with Crippen LogP contribution in [-0.2, 0) is 14.9 Å². The largest absolute Gasteiger partial charge is 0.444 e. The van der Waals surface area contributed by atoms with E-state index < -0.39 is 5.60 Å². The first-order valence-corrected chi connectivity index (χ1v) is 9.41. The predicted molar refractivity (Wildman–Crippen MR) is 104 cm³/mol. The van der Waals surface area contributed by atoms with E-state index in [4.69, 9.17) is 4.74 Å². The number of carbonyl (C=O) groups is 2. The first kappa shape index (κ1) is 19.3. The third-order valence-corrected chi connectivity index (χ3v) is 5.34. The zero-order valence-electron chi connectivity index (χ0n) is 16.6. The maximum atomic E-state index is 12.2. The Morgan fingerprint density at radius 1 is 1.19 bits per heavy atom. The highest BCUT2D eigenvalue weighted by Gasteiger charge is 2.61. The Morgan fingerprint density at radius 3 is 2.37 bits per heavy atom. The van der Waals surface area contributed by atoms with Crippen molar-refractivity contribution >= 4 is 12.0 Å². The van der Waals surface area contributed by atoms with Crippen molar-refractivity contribution in [1.29, 1.82) is 0 Å². The van der Waals surface area contributed by atoms with Gasteiger partial charge in [0.25, 0.3) is 5.91 Å². The average Bonchev–Trinajstić information content (AvgIpc) is 2.51. The van der Waals surface area contributed by atoms with Crippen molar-refractivity contribution in [2.45, 2.75) is 51.6 Å². The molecule has 1 aromatic rings. The highest BCUT2D eigenvalue weighted by atomic mass is 16.6. The lowest BCUT2D eigenvalue weighted by Crippen LogP contribution is -2.69. The molecule has 1 N–H and O–H groups in total. The van der Waals surface area contributed by atoms with Crippen LogP contribution < -0.4 is 5.32 Å². The van der Waals surface area contributed by atoms with E-state index in [0.717, 1.165) is 25.9 Å². The number of amides is 2. The van der Waals surface area contributed by atoms with Crippen LogP contribution in [0.4, 0.5) is 4.79 Å². The molecular weight excluding hydrogens is 340 g/mol. The van der Waals surface area contributed by atoms with E-state index in [1.807, 2.05) is 39.0 Å². The van der Waals surface area contributed by atoms with Crippen LogP contribution in [0.15, 0.2) is 30.3 Å². The second-order valence-electron chi connectivity index (χ2n) is 8.89. The van der Waals surface area contributed by atoms with Crippen molar-refractivity contribution in [3.63, 3.8) is 0 Å². The molecule has 0 radical (unpaired) electrons. The minimum atomic E-state index is -0.474. The molecule has 0 atom stereocenters. The fourth-order valence-electron chi connectivity index (χ4n) is 4.46. The number of hydrogen-bond acceptors (Lipinski definition) is 3. The van der Waals surface area contributed by atoms with Gasteiger partial charge < -0.3 is 15.0 Å². The normalized spacial score (nSPS) is 19.2. The Kier molecular flexibility index (Phi) is 4.94. The molecule has 0 aromatic heterocycles. The van der Waals surface area contributed by atoms with E-state index in [1.54, 1.807) is 11.8 Å². The number of ether oxygens (including phenoxy) is 1. The van der Waals surface area contributed by atoms with Gasteiger partial charge >= 0.3 is 6.09 Å². The molecule has 1 saturated heterocycles. The van der Waals surface area contributed by atoms with Gasteiger partial charge in [-0.05, 0) is 52.0 Å². The topological polar surface area (TPSA) is 58.6 Å². The summed E-state index contributed by atoms with van der Waals surface area (Å²) in [7, 11) is 0. The molecule has 2 amide bonds. The molecule has 2 aliphatic rings. The van der Waals surface area contributed by atoms with Crippen molar-refractivity contribution in [3.8, 4) is 11.8 Å². The summed E-state index contributed by atoms with van der Waals surface area (Å²) in [4.78, 5) is 25.8. The first-order valence-electron chi connectivity index (χ1n) is 9.41. The summed E-state index contributed by atoms with van der Waals surface area (Å²) in [6, 6.07) is 10.3. The first-order chi connectivity index (χ1) is 12.7. The van der Waals surface area contributed by atoms with Gasteiger partial charge in [-0.2, -0.15) is 0 Å². The lowest BCUT2D eigenvalue weighted by molar-refractivity contribution is -0.120. The number of hydrogen-bond donors (Lipinski definition) is 1. The van der Waals surface area contributed by atoms with Crippen LogP contribution in [0.3, 0.4) is 0 Å². The molecule has 5 heteroatoms. The molecular formula is C22H28N2O3. The van der Waals surface area contributed by atoms with Gasteiger partial charge in [-0.25, -0.2) is 4.79 Å². The van der Waals surface area contributed by atoms with E-state index >= 15 is 0 Å². The SMILES string of the molecule is CC#CC(=O)NCC1(c2ccccc2)CC2(CN(C(=O)OC(C)(C)C)C2)C1. The van der Waals surface area contributed by atoms with Crippen LogP contribution >= 0.6 is 0 Å². The number of nitrogens with zero attached hydrogens (tertiary/aromatic N) is 1. The van der Waals surface area contributed by atoms with Crippen LogP contribution in [0.1, 0.15) is 46.1 Å². The van der Waals surface area contributed by atoms with Gasteiger partial charge in [0.1, 0.15) is 5.60 Å². The van der Waals surface area contributed by atoms with Crippen molar-refractivity contribution in [2.75, 3.05) is 19.6 Å². The Balaban J connectivity index is 1.64. The molecule has 144 valence electrons. The Bertz CT molecular complexity index is 769. The minimum Gasteiger partial charge on any atom is -0.444 e. The van der Waals surface area contributed by atoms with Crippen molar-refractivity contribution in [2.24, 2.45) is 5.41 Å². The quantitative estimate of drug-likeness (QED) is 0.834. The predicted octanol–water partition coefficient (Wildman–Crippen LogP) is 3.09. The van der Waals surface area contributed by atoms with Gasteiger partial charge in [0.15, 0.2) is 0 Å². The summed E-state index contributed by atoms with van der Waals surface area (Å²) in [6.07, 6.45) is 1.66. The van der Waals surface area contributed by atoms with Gasteiger partial charge in [-0.1, -0.05) is 36.3 Å². The van der Waals surface area contributed by atoms with E-state index in [-0.39, 0.29) is 22.8 Å². The van der Waals surface area contributed by atoms with Gasteiger partial charge in [0, 0.05) is 30.5 Å². The zero-order chi connectivity index (χ0) is 19.7. The van der Waals surface area contributed by atoms with E-state index in [1.165, 1.54) is 5.56 Å². The molecule has 27 heavy (non-hydrogen) atoms. The molecule has 5 nitrogen and oxygen atoms in total. The second kappa shape index (κ2) is 6.92. The molecule has 1 spiro atoms. The molecule has 1 aliphatic carbocycles. The standard InChI is InChI=1S/C22H28N2O3/c1-5-9-18(25)23-14-22(17-10-7-6-8-11-17)12-21(13-22)15-24(16-21)19(26)27-20(2,3)4/h6-8,10-11H,12-16H2,1-4H3,(H,23,25). The van der Waals surface area contributed by atoms with Crippen molar-refractivity contribution in [3.05, 3.63) is 35.9 Å². The van der Waals surface area contributed by atoms with Crippen LogP contribution in [0.5, 0.6) is 0 Å². The molecule has 1 heterocycles. The summed E-state index contributed by atoms with van der Waals surface area (Å²) < 4.78 is 5.46. The van der Waals surface area contributed by atoms with Gasteiger partial charge in [0.05, 0.1) is 0 Å².